The minimum absolute atomic E-state index is 0.0864. The van der Waals surface area contributed by atoms with Crippen LogP contribution in [-0.4, -0.2) is 30.6 Å². The van der Waals surface area contributed by atoms with Gasteiger partial charge in [-0.2, -0.15) is 9.57 Å². The van der Waals surface area contributed by atoms with E-state index in [-0.39, 0.29) is 6.04 Å². The quantitative estimate of drug-likeness (QED) is 0.761. The molecule has 0 aromatic carbocycles. The molecular formula is C11H20N2O2S. The van der Waals surface area contributed by atoms with Crippen LogP contribution in [0.4, 0.5) is 0 Å². The van der Waals surface area contributed by atoms with Gasteiger partial charge in [0.25, 0.3) is 0 Å². The molecule has 0 amide bonds. The van der Waals surface area contributed by atoms with Crippen molar-refractivity contribution >= 4 is 10.0 Å². The van der Waals surface area contributed by atoms with Gasteiger partial charge in [0.05, 0.1) is 6.07 Å². The topological polar surface area (TPSA) is 61.2 Å². The van der Waals surface area contributed by atoms with Crippen molar-refractivity contribution in [3.05, 3.63) is 0 Å². The second-order valence-electron chi connectivity index (χ2n) is 4.34. The molecule has 5 heteroatoms. The first-order chi connectivity index (χ1) is 7.54. The Bertz CT molecular complexity index is 359. The largest absolute Gasteiger partial charge is 0.230 e. The second kappa shape index (κ2) is 5.65. The van der Waals surface area contributed by atoms with Gasteiger partial charge in [-0.3, -0.25) is 0 Å². The summed E-state index contributed by atoms with van der Waals surface area (Å²) in [6.07, 6.45) is 4.84. The molecule has 2 atom stereocenters. The Labute approximate surface area is 98.3 Å². The number of hydrogen-bond acceptors (Lipinski definition) is 3. The highest BCUT2D eigenvalue weighted by Crippen LogP contribution is 2.24. The first-order valence-corrected chi connectivity index (χ1v) is 7.44. The lowest BCUT2D eigenvalue weighted by Crippen LogP contribution is -2.43. The van der Waals surface area contributed by atoms with E-state index in [9.17, 15) is 8.42 Å². The third kappa shape index (κ3) is 2.74. The first kappa shape index (κ1) is 13.5. The minimum atomic E-state index is -3.42. The highest BCUT2D eigenvalue weighted by molar-refractivity contribution is 7.90. The van der Waals surface area contributed by atoms with Gasteiger partial charge in [-0.05, 0) is 26.2 Å². The smallest absolute Gasteiger partial charge is 0.211 e. The van der Waals surface area contributed by atoms with Crippen molar-refractivity contribution < 1.29 is 8.42 Å². The predicted octanol–water partition coefficient (Wildman–Crippen LogP) is 1.88. The Morgan fingerprint density at radius 2 is 2.12 bits per heavy atom. The van der Waals surface area contributed by atoms with Gasteiger partial charge in [0, 0.05) is 12.6 Å². The van der Waals surface area contributed by atoms with Crippen LogP contribution in [-0.2, 0) is 10.0 Å². The summed E-state index contributed by atoms with van der Waals surface area (Å²) in [6.45, 7) is 4.05. The zero-order chi connectivity index (χ0) is 12.2. The molecule has 0 aromatic rings. The molecular weight excluding hydrogens is 224 g/mol. The maximum atomic E-state index is 12.1. The first-order valence-electron chi connectivity index (χ1n) is 5.94. The molecule has 1 aliphatic rings. The fourth-order valence-corrected chi connectivity index (χ4v) is 3.76. The highest BCUT2D eigenvalue weighted by Gasteiger charge is 2.34. The van der Waals surface area contributed by atoms with E-state index in [2.05, 4.69) is 0 Å². The fourth-order valence-electron chi connectivity index (χ4n) is 2.16. The van der Waals surface area contributed by atoms with Gasteiger partial charge in [0.2, 0.25) is 10.0 Å². The average Bonchev–Trinajstić information content (AvgIpc) is 2.52. The lowest BCUT2D eigenvalue weighted by molar-refractivity contribution is 0.313. The lowest BCUT2D eigenvalue weighted by atomic mass is 10.1. The molecule has 0 aliphatic carbocycles. The van der Waals surface area contributed by atoms with Crippen molar-refractivity contribution in [3.8, 4) is 6.07 Å². The summed E-state index contributed by atoms with van der Waals surface area (Å²) in [5.41, 5.74) is 0. The summed E-state index contributed by atoms with van der Waals surface area (Å²) in [7, 11) is -3.42. The predicted molar refractivity (Wildman–Crippen MR) is 63.2 cm³/mol. The van der Waals surface area contributed by atoms with Gasteiger partial charge < -0.3 is 0 Å². The average molecular weight is 244 g/mol. The van der Waals surface area contributed by atoms with Crippen LogP contribution >= 0.6 is 0 Å². The maximum Gasteiger partial charge on any atom is 0.230 e. The van der Waals surface area contributed by atoms with Gasteiger partial charge in [0.15, 0.2) is 5.25 Å². The van der Waals surface area contributed by atoms with E-state index in [1.807, 2.05) is 13.0 Å². The van der Waals surface area contributed by atoms with Crippen LogP contribution in [0, 0.1) is 11.3 Å². The van der Waals surface area contributed by atoms with Gasteiger partial charge in [-0.1, -0.05) is 19.8 Å². The molecule has 0 spiro atoms. The van der Waals surface area contributed by atoms with E-state index in [1.54, 1.807) is 4.31 Å². The molecule has 1 heterocycles. The highest BCUT2D eigenvalue weighted by atomic mass is 32.2. The van der Waals surface area contributed by atoms with Crippen LogP contribution < -0.4 is 0 Å². The number of sulfonamides is 1. The molecule has 1 fully saturated rings. The van der Waals surface area contributed by atoms with E-state index < -0.39 is 15.3 Å². The SMILES string of the molecule is CCC1CCCCCN1S(=O)(=O)C(C)C#N. The summed E-state index contributed by atoms with van der Waals surface area (Å²) in [5.74, 6) is 0. The van der Waals surface area contributed by atoms with Crippen molar-refractivity contribution in [1.29, 1.82) is 5.26 Å². The summed E-state index contributed by atoms with van der Waals surface area (Å²) < 4.78 is 25.8. The molecule has 0 saturated carbocycles. The van der Waals surface area contributed by atoms with E-state index >= 15 is 0 Å². The zero-order valence-corrected chi connectivity index (χ0v) is 10.8. The number of hydrogen-bond donors (Lipinski definition) is 0. The zero-order valence-electron chi connectivity index (χ0n) is 10.0. The Kier molecular flexibility index (Phi) is 4.75. The van der Waals surface area contributed by atoms with E-state index in [0.717, 1.165) is 32.1 Å². The molecule has 0 bridgehead atoms. The molecule has 1 aliphatic heterocycles. The molecule has 16 heavy (non-hydrogen) atoms. The van der Waals surface area contributed by atoms with Gasteiger partial charge in [-0.15, -0.1) is 0 Å². The third-order valence-corrected chi connectivity index (χ3v) is 5.38. The molecule has 0 aromatic heterocycles. The lowest BCUT2D eigenvalue weighted by Gasteiger charge is -2.29. The van der Waals surface area contributed by atoms with E-state index in [1.165, 1.54) is 6.92 Å². The van der Waals surface area contributed by atoms with Gasteiger partial charge in [-0.25, -0.2) is 8.42 Å². The van der Waals surface area contributed by atoms with Crippen LogP contribution in [0.1, 0.15) is 46.0 Å². The second-order valence-corrected chi connectivity index (χ2v) is 6.54. The van der Waals surface area contributed by atoms with Gasteiger partial charge >= 0.3 is 0 Å². The Balaban J connectivity index is 2.94. The number of nitrogens with zero attached hydrogens (tertiary/aromatic N) is 2. The summed E-state index contributed by atoms with van der Waals surface area (Å²) in [4.78, 5) is 0. The number of rotatable bonds is 3. The molecule has 1 saturated heterocycles. The van der Waals surface area contributed by atoms with Crippen molar-refractivity contribution in [2.24, 2.45) is 0 Å². The molecule has 2 unspecified atom stereocenters. The number of nitriles is 1. The van der Waals surface area contributed by atoms with Crippen molar-refractivity contribution in [2.75, 3.05) is 6.54 Å². The molecule has 0 radical (unpaired) electrons. The van der Waals surface area contributed by atoms with Crippen molar-refractivity contribution in [2.45, 2.75) is 57.2 Å². The van der Waals surface area contributed by atoms with Crippen LogP contribution in [0.2, 0.25) is 0 Å². The third-order valence-electron chi connectivity index (χ3n) is 3.25. The summed E-state index contributed by atoms with van der Waals surface area (Å²) >= 11 is 0. The Hall–Kier alpha value is -0.600. The molecule has 92 valence electrons. The molecule has 0 N–H and O–H groups in total. The maximum absolute atomic E-state index is 12.1. The fraction of sp³-hybridized carbons (Fsp3) is 0.909. The van der Waals surface area contributed by atoms with Crippen LogP contribution in [0.5, 0.6) is 0 Å². The molecule has 4 nitrogen and oxygen atoms in total. The van der Waals surface area contributed by atoms with E-state index in [4.69, 9.17) is 5.26 Å². The normalized spacial score (nSPS) is 25.7. The Morgan fingerprint density at radius 3 is 2.69 bits per heavy atom. The van der Waals surface area contributed by atoms with Crippen LogP contribution in [0.25, 0.3) is 0 Å². The standard InChI is InChI=1S/C11H20N2O2S/c1-3-11-7-5-4-6-8-13(11)16(14,15)10(2)9-12/h10-11H,3-8H2,1-2H3. The van der Waals surface area contributed by atoms with Crippen molar-refractivity contribution in [3.63, 3.8) is 0 Å². The Morgan fingerprint density at radius 1 is 1.44 bits per heavy atom. The van der Waals surface area contributed by atoms with Crippen molar-refractivity contribution in [1.82, 2.24) is 4.31 Å². The van der Waals surface area contributed by atoms with Gasteiger partial charge in [0.1, 0.15) is 0 Å². The monoisotopic (exact) mass is 244 g/mol. The van der Waals surface area contributed by atoms with Crippen LogP contribution in [0.15, 0.2) is 0 Å². The molecule has 1 rings (SSSR count). The van der Waals surface area contributed by atoms with E-state index in [0.29, 0.717) is 6.54 Å². The van der Waals surface area contributed by atoms with Crippen LogP contribution in [0.3, 0.4) is 0 Å². The minimum Gasteiger partial charge on any atom is -0.211 e. The summed E-state index contributed by atoms with van der Waals surface area (Å²) in [5, 5.41) is 7.84. The summed E-state index contributed by atoms with van der Waals surface area (Å²) in [6, 6.07) is 1.92.